The smallest absolute Gasteiger partial charge is 0.410 e. The van der Waals surface area contributed by atoms with E-state index in [1.807, 2.05) is 39.5 Å². The predicted molar refractivity (Wildman–Crippen MR) is 109 cm³/mol. The van der Waals surface area contributed by atoms with Crippen molar-refractivity contribution < 1.29 is 19.4 Å². The first kappa shape index (κ1) is 21.6. The third kappa shape index (κ3) is 3.96. The van der Waals surface area contributed by atoms with Crippen molar-refractivity contribution in [3.8, 4) is 0 Å². The molecule has 0 aromatic carbocycles. The molecule has 1 fully saturated rings. The Morgan fingerprint density at radius 1 is 1.30 bits per heavy atom. The van der Waals surface area contributed by atoms with Crippen LogP contribution in [-0.4, -0.2) is 72.0 Å². The number of amides is 1. The second kappa shape index (κ2) is 7.62. The summed E-state index contributed by atoms with van der Waals surface area (Å²) in [5, 5.41) is 13.4. The molecule has 0 aliphatic carbocycles. The standard InChI is InChI=1S/C19H28N6O5/c1-7-12-10-23(11(2)9-24(12)18(29)30-19(3,4)5)16-20-17(28)22(6)14-8-13(15(26)27)21-25(14)16/h8,11-12H,7,9-10H2,1-6H3,(H,26,27)/t11-,12+/m0/s1. The minimum atomic E-state index is -1.19. The van der Waals surface area contributed by atoms with E-state index in [-0.39, 0.29) is 29.8 Å². The highest BCUT2D eigenvalue weighted by Crippen LogP contribution is 2.25. The number of nitrogens with zero attached hydrogens (tertiary/aromatic N) is 6. The lowest BCUT2D eigenvalue weighted by atomic mass is 10.1. The van der Waals surface area contributed by atoms with Gasteiger partial charge in [0.2, 0.25) is 5.95 Å². The number of aromatic nitrogens is 4. The molecule has 1 N–H and O–H groups in total. The molecule has 0 radical (unpaired) electrons. The number of carbonyl (C=O) groups excluding carboxylic acids is 1. The summed E-state index contributed by atoms with van der Waals surface area (Å²) in [5.41, 5.74) is -0.954. The van der Waals surface area contributed by atoms with E-state index in [9.17, 15) is 19.5 Å². The summed E-state index contributed by atoms with van der Waals surface area (Å²) in [5.74, 6) is -0.929. The average Bonchev–Trinajstić information content (AvgIpc) is 3.09. The van der Waals surface area contributed by atoms with E-state index in [0.29, 0.717) is 25.2 Å². The van der Waals surface area contributed by atoms with Gasteiger partial charge in [-0.3, -0.25) is 4.57 Å². The average molecular weight is 420 g/mol. The second-order valence-electron chi connectivity index (χ2n) is 8.55. The molecule has 3 heterocycles. The number of carboxylic acids is 1. The third-order valence-corrected chi connectivity index (χ3v) is 5.12. The summed E-state index contributed by atoms with van der Waals surface area (Å²) >= 11 is 0. The zero-order valence-electron chi connectivity index (χ0n) is 18.1. The molecule has 1 aliphatic rings. The summed E-state index contributed by atoms with van der Waals surface area (Å²) in [7, 11) is 1.51. The number of hydrogen-bond acceptors (Lipinski definition) is 7. The normalized spacial score (nSPS) is 19.9. The van der Waals surface area contributed by atoms with Crippen LogP contribution in [0.3, 0.4) is 0 Å². The monoisotopic (exact) mass is 420 g/mol. The summed E-state index contributed by atoms with van der Waals surface area (Å²) in [6.07, 6.45) is 0.297. The fourth-order valence-electron chi connectivity index (χ4n) is 3.56. The summed E-state index contributed by atoms with van der Waals surface area (Å²) < 4.78 is 8.17. The van der Waals surface area contributed by atoms with Crippen molar-refractivity contribution >= 4 is 23.7 Å². The minimum absolute atomic E-state index is 0.161. The van der Waals surface area contributed by atoms with Crippen LogP contribution in [0.4, 0.5) is 10.7 Å². The van der Waals surface area contributed by atoms with E-state index in [1.165, 1.54) is 22.2 Å². The van der Waals surface area contributed by atoms with Crippen molar-refractivity contribution in [2.45, 2.75) is 58.7 Å². The van der Waals surface area contributed by atoms with Crippen molar-refractivity contribution in [2.24, 2.45) is 7.05 Å². The van der Waals surface area contributed by atoms with Gasteiger partial charge in [0.05, 0.1) is 6.04 Å². The minimum Gasteiger partial charge on any atom is -0.476 e. The molecule has 11 nitrogen and oxygen atoms in total. The Labute approximate surface area is 173 Å². The Bertz CT molecular complexity index is 1040. The zero-order chi connectivity index (χ0) is 22.4. The van der Waals surface area contributed by atoms with Crippen molar-refractivity contribution in [3.05, 3.63) is 22.2 Å². The van der Waals surface area contributed by atoms with Gasteiger partial charge in [0.1, 0.15) is 11.2 Å². The first-order valence-electron chi connectivity index (χ1n) is 9.89. The van der Waals surface area contributed by atoms with Gasteiger partial charge in [-0.1, -0.05) is 6.92 Å². The number of aryl methyl sites for hydroxylation is 1. The van der Waals surface area contributed by atoms with Gasteiger partial charge in [-0.2, -0.15) is 14.6 Å². The molecule has 0 unspecified atom stereocenters. The molecule has 0 bridgehead atoms. The van der Waals surface area contributed by atoms with E-state index in [0.717, 1.165) is 0 Å². The molecule has 2 aromatic rings. The number of piperazine rings is 1. The molecule has 11 heteroatoms. The van der Waals surface area contributed by atoms with Gasteiger partial charge in [0.15, 0.2) is 5.69 Å². The van der Waals surface area contributed by atoms with E-state index in [2.05, 4.69) is 10.1 Å². The Morgan fingerprint density at radius 2 is 1.97 bits per heavy atom. The molecule has 2 atom stereocenters. The lowest BCUT2D eigenvalue weighted by Gasteiger charge is -2.45. The van der Waals surface area contributed by atoms with E-state index in [4.69, 9.17) is 4.74 Å². The molecule has 1 amide bonds. The summed E-state index contributed by atoms with van der Waals surface area (Å²) in [6, 6.07) is 0.987. The maximum absolute atomic E-state index is 12.7. The van der Waals surface area contributed by atoms with Crippen LogP contribution in [0, 0.1) is 0 Å². The number of hydrogen-bond donors (Lipinski definition) is 1. The fraction of sp³-hybridized carbons (Fsp3) is 0.632. The maximum atomic E-state index is 12.7. The number of anilines is 1. The number of rotatable bonds is 3. The largest absolute Gasteiger partial charge is 0.476 e. The van der Waals surface area contributed by atoms with Crippen molar-refractivity contribution in [1.29, 1.82) is 0 Å². The van der Waals surface area contributed by atoms with Crippen molar-refractivity contribution in [3.63, 3.8) is 0 Å². The number of aromatic carboxylic acids is 1. The molecular weight excluding hydrogens is 392 g/mol. The quantitative estimate of drug-likeness (QED) is 0.790. The van der Waals surface area contributed by atoms with Crippen LogP contribution in [0.5, 0.6) is 0 Å². The van der Waals surface area contributed by atoms with Gasteiger partial charge in [0.25, 0.3) is 0 Å². The Morgan fingerprint density at radius 3 is 2.53 bits per heavy atom. The Kier molecular flexibility index (Phi) is 5.48. The van der Waals surface area contributed by atoms with Gasteiger partial charge in [-0.15, -0.1) is 0 Å². The second-order valence-corrected chi connectivity index (χ2v) is 8.55. The highest BCUT2D eigenvalue weighted by Gasteiger charge is 2.37. The zero-order valence-corrected chi connectivity index (χ0v) is 18.1. The molecule has 3 rings (SSSR count). The van der Waals surface area contributed by atoms with E-state index >= 15 is 0 Å². The van der Waals surface area contributed by atoms with Crippen LogP contribution in [0.2, 0.25) is 0 Å². The van der Waals surface area contributed by atoms with Crippen LogP contribution in [0.15, 0.2) is 10.9 Å². The van der Waals surface area contributed by atoms with Crippen molar-refractivity contribution in [1.82, 2.24) is 24.1 Å². The van der Waals surface area contributed by atoms with Crippen LogP contribution < -0.4 is 10.6 Å². The van der Waals surface area contributed by atoms with Crippen LogP contribution >= 0.6 is 0 Å². The molecule has 0 spiro atoms. The summed E-state index contributed by atoms with van der Waals surface area (Å²) in [4.78, 5) is 44.3. The third-order valence-electron chi connectivity index (χ3n) is 5.12. The first-order valence-corrected chi connectivity index (χ1v) is 9.89. The highest BCUT2D eigenvalue weighted by atomic mass is 16.6. The first-order chi connectivity index (χ1) is 13.9. The molecule has 0 saturated carbocycles. The topological polar surface area (TPSA) is 122 Å². The van der Waals surface area contributed by atoms with Gasteiger partial charge in [-0.05, 0) is 34.1 Å². The molecular formula is C19H28N6O5. The molecule has 1 saturated heterocycles. The highest BCUT2D eigenvalue weighted by molar-refractivity contribution is 5.86. The van der Waals surface area contributed by atoms with E-state index in [1.54, 1.807) is 4.90 Å². The van der Waals surface area contributed by atoms with Crippen molar-refractivity contribution in [2.75, 3.05) is 18.0 Å². The Hall–Kier alpha value is -3.11. The number of ether oxygens (including phenoxy) is 1. The predicted octanol–water partition coefficient (Wildman–Crippen LogP) is 1.35. The van der Waals surface area contributed by atoms with Gasteiger partial charge >= 0.3 is 17.8 Å². The van der Waals surface area contributed by atoms with Gasteiger partial charge < -0.3 is 19.6 Å². The lowest BCUT2D eigenvalue weighted by Crippen LogP contribution is -2.60. The summed E-state index contributed by atoms with van der Waals surface area (Å²) in [6.45, 7) is 10.1. The molecule has 30 heavy (non-hydrogen) atoms. The van der Waals surface area contributed by atoms with E-state index < -0.39 is 17.3 Å². The number of carbonyl (C=O) groups is 2. The lowest BCUT2D eigenvalue weighted by molar-refractivity contribution is 0.0104. The molecule has 1 aliphatic heterocycles. The molecule has 2 aromatic heterocycles. The van der Waals surface area contributed by atoms with Crippen LogP contribution in [0.25, 0.3) is 5.65 Å². The maximum Gasteiger partial charge on any atom is 0.410 e. The van der Waals surface area contributed by atoms with Gasteiger partial charge in [-0.25, -0.2) is 14.4 Å². The fourth-order valence-corrected chi connectivity index (χ4v) is 3.56. The number of carboxylic acid groups (broad SMARTS) is 1. The number of fused-ring (bicyclic) bond motifs is 1. The molecule has 164 valence electrons. The van der Waals surface area contributed by atoms with Crippen LogP contribution in [0.1, 0.15) is 51.5 Å². The van der Waals surface area contributed by atoms with Gasteiger partial charge in [0, 0.05) is 32.2 Å². The SMILES string of the molecule is CC[C@@H]1CN(c2nc(=O)n(C)c3cc(C(=O)O)nn23)[C@@H](C)CN1C(=O)OC(C)(C)C. The van der Waals surface area contributed by atoms with Crippen LogP contribution in [-0.2, 0) is 11.8 Å². The Balaban J connectivity index is 2.00.